The number of hydrogen-bond donors (Lipinski definition) is 1. The average molecular weight is 212 g/mol. The molecule has 2 heteroatoms. The first kappa shape index (κ1) is 13.0. The Morgan fingerprint density at radius 1 is 0.933 bits per heavy atom. The molecule has 0 amide bonds. The van der Waals surface area contributed by atoms with Crippen molar-refractivity contribution in [2.75, 3.05) is 32.7 Å². The Kier molecular flexibility index (Phi) is 7.94. The molecular formula is C13H28N2. The normalized spacial score (nSPS) is 19.0. The van der Waals surface area contributed by atoms with E-state index in [0.717, 1.165) is 6.54 Å². The average Bonchev–Trinajstić information content (AvgIpc) is 2.52. The van der Waals surface area contributed by atoms with Crippen molar-refractivity contribution < 1.29 is 0 Å². The van der Waals surface area contributed by atoms with Gasteiger partial charge in [0, 0.05) is 0 Å². The predicted molar refractivity (Wildman–Crippen MR) is 67.3 cm³/mol. The van der Waals surface area contributed by atoms with E-state index in [1.807, 2.05) is 0 Å². The molecule has 1 saturated heterocycles. The van der Waals surface area contributed by atoms with E-state index < -0.39 is 0 Å². The largest absolute Gasteiger partial charge is 0.317 e. The van der Waals surface area contributed by atoms with Gasteiger partial charge < -0.3 is 10.2 Å². The Hall–Kier alpha value is -0.0800. The molecule has 0 unspecified atom stereocenters. The minimum atomic E-state index is 1.12. The Labute approximate surface area is 95.4 Å². The molecule has 0 radical (unpaired) electrons. The van der Waals surface area contributed by atoms with Crippen LogP contribution < -0.4 is 5.32 Å². The lowest BCUT2D eigenvalue weighted by molar-refractivity contribution is 0.278. The van der Waals surface area contributed by atoms with Crippen molar-refractivity contribution in [3.05, 3.63) is 0 Å². The van der Waals surface area contributed by atoms with Crippen LogP contribution in [0.25, 0.3) is 0 Å². The van der Waals surface area contributed by atoms with Gasteiger partial charge in [-0.3, -0.25) is 0 Å². The van der Waals surface area contributed by atoms with Crippen LogP contribution >= 0.6 is 0 Å². The lowest BCUT2D eigenvalue weighted by Gasteiger charge is -2.19. The van der Waals surface area contributed by atoms with Gasteiger partial charge in [0.2, 0.25) is 0 Å². The summed E-state index contributed by atoms with van der Waals surface area (Å²) in [5, 5.41) is 3.38. The van der Waals surface area contributed by atoms with E-state index in [2.05, 4.69) is 17.1 Å². The molecule has 90 valence electrons. The summed E-state index contributed by atoms with van der Waals surface area (Å²) in [6.07, 6.45) is 9.90. The van der Waals surface area contributed by atoms with Gasteiger partial charge in [-0.05, 0) is 58.4 Å². The highest BCUT2D eigenvalue weighted by atomic mass is 15.1. The number of likely N-dealkylation sites (tertiary alicyclic amines) is 1. The zero-order valence-electron chi connectivity index (χ0n) is 10.4. The second-order valence-corrected chi connectivity index (χ2v) is 4.67. The van der Waals surface area contributed by atoms with Crippen LogP contribution in [0.5, 0.6) is 0 Å². The maximum Gasteiger partial charge on any atom is -0.00187 e. The molecule has 2 nitrogen and oxygen atoms in total. The molecule has 0 aromatic heterocycles. The molecule has 0 aliphatic carbocycles. The lowest BCUT2D eigenvalue weighted by Crippen LogP contribution is -2.25. The molecule has 1 aliphatic heterocycles. The highest BCUT2D eigenvalue weighted by molar-refractivity contribution is 4.63. The van der Waals surface area contributed by atoms with Crippen molar-refractivity contribution in [3.63, 3.8) is 0 Å². The standard InChI is InChI=1S/C13H28N2/c1-2-14-10-6-5-9-13-15-11-7-3-4-8-12-15/h14H,2-13H2,1H3. The van der Waals surface area contributed by atoms with Crippen molar-refractivity contribution in [1.29, 1.82) is 0 Å². The molecule has 1 heterocycles. The number of unbranched alkanes of at least 4 members (excludes halogenated alkanes) is 2. The number of nitrogens with zero attached hydrogens (tertiary/aromatic N) is 1. The Morgan fingerprint density at radius 3 is 2.33 bits per heavy atom. The van der Waals surface area contributed by atoms with Crippen LogP contribution in [0.2, 0.25) is 0 Å². The Bertz CT molecular complexity index is 128. The van der Waals surface area contributed by atoms with E-state index >= 15 is 0 Å². The van der Waals surface area contributed by atoms with Gasteiger partial charge in [0.05, 0.1) is 0 Å². The van der Waals surface area contributed by atoms with Crippen molar-refractivity contribution >= 4 is 0 Å². The van der Waals surface area contributed by atoms with Gasteiger partial charge in [0.15, 0.2) is 0 Å². The third-order valence-corrected chi connectivity index (χ3v) is 3.28. The molecule has 1 fully saturated rings. The molecule has 0 spiro atoms. The fourth-order valence-corrected chi connectivity index (χ4v) is 2.30. The maximum atomic E-state index is 3.38. The van der Waals surface area contributed by atoms with Gasteiger partial charge >= 0.3 is 0 Å². The molecule has 0 aromatic rings. The van der Waals surface area contributed by atoms with Gasteiger partial charge in [-0.2, -0.15) is 0 Å². The highest BCUT2D eigenvalue weighted by Crippen LogP contribution is 2.10. The third-order valence-electron chi connectivity index (χ3n) is 3.28. The fraction of sp³-hybridized carbons (Fsp3) is 1.00. The minimum absolute atomic E-state index is 1.12. The minimum Gasteiger partial charge on any atom is -0.317 e. The zero-order chi connectivity index (χ0) is 10.8. The number of rotatable bonds is 7. The van der Waals surface area contributed by atoms with E-state index in [9.17, 15) is 0 Å². The Balaban J connectivity index is 1.89. The highest BCUT2D eigenvalue weighted by Gasteiger charge is 2.07. The molecule has 1 N–H and O–H groups in total. The van der Waals surface area contributed by atoms with Crippen molar-refractivity contribution in [1.82, 2.24) is 10.2 Å². The molecule has 0 saturated carbocycles. The third kappa shape index (κ3) is 6.91. The van der Waals surface area contributed by atoms with Gasteiger partial charge in [-0.15, -0.1) is 0 Å². The first-order valence-electron chi connectivity index (χ1n) is 6.86. The summed E-state index contributed by atoms with van der Waals surface area (Å²) in [7, 11) is 0. The maximum absolute atomic E-state index is 3.38. The fourth-order valence-electron chi connectivity index (χ4n) is 2.30. The quantitative estimate of drug-likeness (QED) is 0.653. The predicted octanol–water partition coefficient (Wildman–Crippen LogP) is 2.64. The first-order valence-corrected chi connectivity index (χ1v) is 6.86. The van der Waals surface area contributed by atoms with Gasteiger partial charge in [0.1, 0.15) is 0 Å². The van der Waals surface area contributed by atoms with Crippen molar-refractivity contribution in [2.45, 2.75) is 51.9 Å². The van der Waals surface area contributed by atoms with Gasteiger partial charge in [-0.1, -0.05) is 26.2 Å². The molecule has 1 rings (SSSR count). The summed E-state index contributed by atoms with van der Waals surface area (Å²) >= 11 is 0. The summed E-state index contributed by atoms with van der Waals surface area (Å²) in [5.74, 6) is 0. The zero-order valence-corrected chi connectivity index (χ0v) is 10.4. The summed E-state index contributed by atoms with van der Waals surface area (Å²) in [5.41, 5.74) is 0. The van der Waals surface area contributed by atoms with Crippen LogP contribution in [0, 0.1) is 0 Å². The Morgan fingerprint density at radius 2 is 1.67 bits per heavy atom. The van der Waals surface area contributed by atoms with Crippen LogP contribution in [0.1, 0.15) is 51.9 Å². The SMILES string of the molecule is CCNCCCCCN1CCCCCC1. The van der Waals surface area contributed by atoms with Crippen LogP contribution in [-0.4, -0.2) is 37.6 Å². The first-order chi connectivity index (χ1) is 7.43. The van der Waals surface area contributed by atoms with E-state index in [1.54, 1.807) is 0 Å². The molecule has 1 aliphatic rings. The van der Waals surface area contributed by atoms with E-state index in [1.165, 1.54) is 71.1 Å². The topological polar surface area (TPSA) is 15.3 Å². The van der Waals surface area contributed by atoms with Gasteiger partial charge in [-0.25, -0.2) is 0 Å². The van der Waals surface area contributed by atoms with E-state index in [0.29, 0.717) is 0 Å². The molecular weight excluding hydrogens is 184 g/mol. The second kappa shape index (κ2) is 9.17. The van der Waals surface area contributed by atoms with Crippen molar-refractivity contribution in [3.8, 4) is 0 Å². The van der Waals surface area contributed by atoms with E-state index in [4.69, 9.17) is 0 Å². The summed E-state index contributed by atoms with van der Waals surface area (Å²) in [6, 6.07) is 0. The molecule has 0 atom stereocenters. The summed E-state index contributed by atoms with van der Waals surface area (Å²) < 4.78 is 0. The summed E-state index contributed by atoms with van der Waals surface area (Å²) in [4.78, 5) is 2.67. The van der Waals surface area contributed by atoms with E-state index in [-0.39, 0.29) is 0 Å². The van der Waals surface area contributed by atoms with Crippen LogP contribution in [0.15, 0.2) is 0 Å². The monoisotopic (exact) mass is 212 g/mol. The lowest BCUT2D eigenvalue weighted by atomic mass is 10.2. The van der Waals surface area contributed by atoms with Crippen LogP contribution in [0.4, 0.5) is 0 Å². The molecule has 0 aromatic carbocycles. The number of hydrogen-bond acceptors (Lipinski definition) is 2. The smallest absolute Gasteiger partial charge is 0.00187 e. The van der Waals surface area contributed by atoms with Crippen molar-refractivity contribution in [2.24, 2.45) is 0 Å². The molecule has 15 heavy (non-hydrogen) atoms. The van der Waals surface area contributed by atoms with Crippen LogP contribution in [0.3, 0.4) is 0 Å². The van der Waals surface area contributed by atoms with Gasteiger partial charge in [0.25, 0.3) is 0 Å². The van der Waals surface area contributed by atoms with Crippen LogP contribution in [-0.2, 0) is 0 Å². The molecule has 0 bridgehead atoms. The summed E-state index contributed by atoms with van der Waals surface area (Å²) in [6.45, 7) is 8.55. The number of nitrogens with one attached hydrogen (secondary N) is 1. The second-order valence-electron chi connectivity index (χ2n) is 4.67.